The number of nitrogens with one attached hydrogen (secondary N) is 3. The zero-order valence-electron chi connectivity index (χ0n) is 26.4. The van der Waals surface area contributed by atoms with Crippen LogP contribution in [0.15, 0.2) is 82.4 Å². The Balaban J connectivity index is 1.41. The number of aliphatic imine (C=N–C) groups is 1. The van der Waals surface area contributed by atoms with Gasteiger partial charge in [-0.1, -0.05) is 61.4 Å². The number of halogens is 1. The summed E-state index contributed by atoms with van der Waals surface area (Å²) in [7, 11) is 0. The molecule has 3 aromatic heterocycles. The minimum absolute atomic E-state index is 0.0566. The van der Waals surface area contributed by atoms with Crippen molar-refractivity contribution in [1.29, 1.82) is 0 Å². The molecule has 0 radical (unpaired) electrons. The minimum Gasteiger partial charge on any atom is -0.361 e. The summed E-state index contributed by atoms with van der Waals surface area (Å²) >= 11 is 3.66. The number of aryl methyl sites for hydroxylation is 4. The van der Waals surface area contributed by atoms with Crippen LogP contribution in [0.4, 0.5) is 0 Å². The highest BCUT2D eigenvalue weighted by Gasteiger charge is 2.35. The largest absolute Gasteiger partial charge is 0.361 e. The number of aromatic amines is 3. The van der Waals surface area contributed by atoms with Gasteiger partial charge in [-0.2, -0.15) is 0 Å². The predicted octanol–water partition coefficient (Wildman–Crippen LogP) is 9.83. The molecule has 2 aromatic carbocycles. The highest BCUT2D eigenvalue weighted by molar-refractivity contribution is 9.10. The molecule has 0 spiro atoms. The molecule has 0 bridgehead atoms. The molecule has 0 aliphatic carbocycles. The second kappa shape index (κ2) is 11.5. The Hall–Kier alpha value is -3.57. The fraction of sp³-hybridized carbons (Fsp3) is 0.342. The fourth-order valence-corrected chi connectivity index (χ4v) is 7.63. The van der Waals surface area contributed by atoms with E-state index in [1.807, 2.05) is 0 Å². The van der Waals surface area contributed by atoms with E-state index in [9.17, 15) is 0 Å². The van der Waals surface area contributed by atoms with Crippen molar-refractivity contribution in [2.45, 2.75) is 79.2 Å². The average molecular weight is 636 g/mol. The summed E-state index contributed by atoms with van der Waals surface area (Å²) < 4.78 is 0.989. The molecular weight excluding hydrogens is 592 g/mol. The molecule has 4 heterocycles. The highest BCUT2D eigenvalue weighted by Crippen LogP contribution is 2.40. The number of benzene rings is 2. The van der Waals surface area contributed by atoms with Gasteiger partial charge in [-0.05, 0) is 121 Å². The molecule has 3 unspecified atom stereocenters. The Bertz CT molecular complexity index is 1760. The van der Waals surface area contributed by atoms with Gasteiger partial charge in [0.1, 0.15) is 0 Å². The van der Waals surface area contributed by atoms with E-state index in [-0.39, 0.29) is 17.3 Å². The normalized spacial score (nSPS) is 17.7. The summed E-state index contributed by atoms with van der Waals surface area (Å²) in [5.41, 5.74) is 15.2. The lowest BCUT2D eigenvalue weighted by Gasteiger charge is -2.25. The minimum atomic E-state index is 0.0566. The Labute approximate surface area is 264 Å². The van der Waals surface area contributed by atoms with Crippen molar-refractivity contribution in [3.8, 4) is 0 Å². The lowest BCUT2D eigenvalue weighted by molar-refractivity contribution is 0.320. The van der Waals surface area contributed by atoms with E-state index in [1.54, 1.807) is 0 Å². The van der Waals surface area contributed by atoms with Gasteiger partial charge >= 0.3 is 0 Å². The molecular formula is C38H43BrN4. The van der Waals surface area contributed by atoms with Crippen LogP contribution in [-0.4, -0.2) is 26.7 Å². The summed E-state index contributed by atoms with van der Waals surface area (Å²) in [4.78, 5) is 16.3. The lowest BCUT2D eigenvalue weighted by atomic mass is 9.81. The molecule has 5 heteroatoms. The third-order valence-corrected chi connectivity index (χ3v) is 9.72. The van der Waals surface area contributed by atoms with Crippen molar-refractivity contribution in [1.82, 2.24) is 15.0 Å². The summed E-state index contributed by atoms with van der Waals surface area (Å²) in [6.45, 7) is 15.6. The number of hydrogen-bond donors (Lipinski definition) is 3. The second-order valence-corrected chi connectivity index (χ2v) is 14.3. The first-order valence-electron chi connectivity index (χ1n) is 15.4. The topological polar surface area (TPSA) is 59.7 Å². The number of H-pyrrole nitrogens is 3. The van der Waals surface area contributed by atoms with E-state index in [1.165, 1.54) is 67.6 Å². The van der Waals surface area contributed by atoms with E-state index in [2.05, 4.69) is 152 Å². The van der Waals surface area contributed by atoms with Gasteiger partial charge in [-0.25, -0.2) is 0 Å². The van der Waals surface area contributed by atoms with Crippen molar-refractivity contribution in [3.05, 3.63) is 139 Å². The van der Waals surface area contributed by atoms with Crippen molar-refractivity contribution in [2.24, 2.45) is 10.4 Å². The van der Waals surface area contributed by atoms with E-state index < -0.39 is 0 Å². The van der Waals surface area contributed by atoms with Crippen molar-refractivity contribution in [3.63, 3.8) is 0 Å². The molecule has 0 amide bonds. The highest BCUT2D eigenvalue weighted by atomic mass is 79.9. The molecule has 5 aromatic rings. The van der Waals surface area contributed by atoms with Crippen LogP contribution in [0.2, 0.25) is 0 Å². The van der Waals surface area contributed by atoms with Crippen LogP contribution in [0, 0.1) is 33.1 Å². The third kappa shape index (κ3) is 5.97. The summed E-state index contributed by atoms with van der Waals surface area (Å²) in [6, 6.07) is 27.2. The molecule has 43 heavy (non-hydrogen) atoms. The zero-order chi connectivity index (χ0) is 30.5. The van der Waals surface area contributed by atoms with Gasteiger partial charge in [-0.15, -0.1) is 0 Å². The van der Waals surface area contributed by atoms with Crippen LogP contribution in [0.3, 0.4) is 0 Å². The van der Waals surface area contributed by atoms with Gasteiger partial charge in [0, 0.05) is 40.6 Å². The van der Waals surface area contributed by atoms with Crippen molar-refractivity contribution >= 4 is 21.6 Å². The smallest absolute Gasteiger partial charge is 0.0822 e. The summed E-state index contributed by atoms with van der Waals surface area (Å²) in [6.07, 6.45) is 2.00. The molecule has 0 fully saturated rings. The quantitative estimate of drug-likeness (QED) is 0.152. The Morgan fingerprint density at radius 1 is 0.721 bits per heavy atom. The van der Waals surface area contributed by atoms with E-state index in [0.29, 0.717) is 6.04 Å². The molecule has 0 saturated heterocycles. The predicted molar refractivity (Wildman–Crippen MR) is 183 cm³/mol. The first-order valence-corrected chi connectivity index (χ1v) is 16.2. The molecule has 4 nitrogen and oxygen atoms in total. The molecule has 3 atom stereocenters. The Morgan fingerprint density at radius 3 is 1.91 bits per heavy atom. The average Bonchev–Trinajstić information content (AvgIpc) is 3.72. The summed E-state index contributed by atoms with van der Waals surface area (Å²) in [5, 5.41) is 0. The van der Waals surface area contributed by atoms with E-state index in [4.69, 9.17) is 4.99 Å². The van der Waals surface area contributed by atoms with Crippen LogP contribution in [0.1, 0.15) is 101 Å². The Morgan fingerprint density at radius 2 is 1.30 bits per heavy atom. The maximum atomic E-state index is 5.00. The molecule has 1 aliphatic rings. The van der Waals surface area contributed by atoms with Gasteiger partial charge in [0.2, 0.25) is 0 Å². The SMILES string of the molecule is CC1=NC(Cc2ccc(C(c3ccc(C)cc3)c3ccc(C(c4ccc(Br)[nH]4)c4c(C)cc(C)cc4C)[nH]3)[nH]2)C(C)(C)C1. The van der Waals surface area contributed by atoms with Crippen LogP contribution >= 0.6 is 15.9 Å². The first kappa shape index (κ1) is 29.5. The van der Waals surface area contributed by atoms with Crippen LogP contribution in [0.25, 0.3) is 0 Å². The van der Waals surface area contributed by atoms with Gasteiger partial charge in [-0.3, -0.25) is 4.99 Å². The maximum Gasteiger partial charge on any atom is 0.0822 e. The fourth-order valence-electron chi connectivity index (χ4n) is 7.27. The second-order valence-electron chi connectivity index (χ2n) is 13.4. The standard InChI is InChI=1S/C38H43BrN4/c1-22-8-10-27(11-9-22)36(29-13-12-28(41-29)20-33-38(6,7)21-26(5)40-33)30-14-15-31(42-30)37(32-16-17-34(39)43-32)35-24(3)18-23(2)19-25(35)4/h8-19,33,36-37,41-43H,20-21H2,1-7H3. The molecule has 3 N–H and O–H groups in total. The van der Waals surface area contributed by atoms with Gasteiger partial charge in [0.05, 0.1) is 22.5 Å². The maximum absolute atomic E-state index is 5.00. The number of rotatable bonds is 8. The van der Waals surface area contributed by atoms with E-state index in [0.717, 1.165) is 17.4 Å². The van der Waals surface area contributed by atoms with Crippen LogP contribution < -0.4 is 0 Å². The first-order chi connectivity index (χ1) is 20.5. The van der Waals surface area contributed by atoms with Gasteiger partial charge in [0.25, 0.3) is 0 Å². The number of nitrogens with zero attached hydrogens (tertiary/aromatic N) is 1. The van der Waals surface area contributed by atoms with Gasteiger partial charge < -0.3 is 15.0 Å². The van der Waals surface area contributed by atoms with Crippen LogP contribution in [-0.2, 0) is 6.42 Å². The van der Waals surface area contributed by atoms with Crippen molar-refractivity contribution in [2.75, 3.05) is 0 Å². The third-order valence-electron chi connectivity index (χ3n) is 9.26. The molecule has 222 valence electrons. The zero-order valence-corrected chi connectivity index (χ0v) is 28.0. The molecule has 1 aliphatic heterocycles. The van der Waals surface area contributed by atoms with Crippen LogP contribution in [0.5, 0.6) is 0 Å². The van der Waals surface area contributed by atoms with Crippen molar-refractivity contribution < 1.29 is 0 Å². The van der Waals surface area contributed by atoms with E-state index >= 15 is 0 Å². The van der Waals surface area contributed by atoms with Gasteiger partial charge in [0.15, 0.2) is 0 Å². The monoisotopic (exact) mass is 634 g/mol. The summed E-state index contributed by atoms with van der Waals surface area (Å²) in [5.74, 6) is 0.116. The number of aromatic nitrogens is 3. The Kier molecular flexibility index (Phi) is 7.89. The molecule has 0 saturated carbocycles. The number of hydrogen-bond acceptors (Lipinski definition) is 1. The molecule has 6 rings (SSSR count). The lowest BCUT2D eigenvalue weighted by Crippen LogP contribution is -2.25.